The summed E-state index contributed by atoms with van der Waals surface area (Å²) < 4.78 is 8.35. The van der Waals surface area contributed by atoms with Crippen LogP contribution in [0.25, 0.3) is 0 Å². The van der Waals surface area contributed by atoms with Gasteiger partial charge in [-0.05, 0) is 30.9 Å². The van der Waals surface area contributed by atoms with Crippen LogP contribution in [-0.4, -0.2) is 45.6 Å². The molecule has 3 heterocycles. The van der Waals surface area contributed by atoms with Crippen LogP contribution < -0.4 is 9.64 Å². The van der Waals surface area contributed by atoms with Gasteiger partial charge in [0.25, 0.3) is 0 Å². The summed E-state index contributed by atoms with van der Waals surface area (Å²) in [4.78, 5) is 22.2. The molecule has 1 saturated heterocycles. The molecular weight excluding hydrogens is 328 g/mol. The molecule has 2 unspecified atom stereocenters. The van der Waals surface area contributed by atoms with Crippen molar-refractivity contribution in [2.45, 2.75) is 38.0 Å². The number of rotatable bonds is 4. The van der Waals surface area contributed by atoms with Crippen molar-refractivity contribution in [1.29, 1.82) is 0 Å². The number of imidazole rings is 1. The Labute approximate surface area is 153 Å². The van der Waals surface area contributed by atoms with E-state index in [0.717, 1.165) is 36.8 Å². The minimum Gasteiger partial charge on any atom is -0.487 e. The average molecular weight is 352 g/mol. The predicted octanol–water partition coefficient (Wildman–Crippen LogP) is 2.20. The number of para-hydroxylation sites is 2. The van der Waals surface area contributed by atoms with Gasteiger partial charge in [-0.15, -0.1) is 0 Å². The van der Waals surface area contributed by atoms with Crippen LogP contribution in [0.4, 0.5) is 5.69 Å². The number of fused-ring (bicyclic) bond motifs is 3. The minimum atomic E-state index is -0.135. The quantitative estimate of drug-likeness (QED) is 0.846. The molecule has 2 atom stereocenters. The largest absolute Gasteiger partial charge is 0.487 e. The predicted molar refractivity (Wildman–Crippen MR) is 98.0 cm³/mol. The van der Waals surface area contributed by atoms with Gasteiger partial charge < -0.3 is 14.2 Å². The molecule has 136 valence electrons. The Bertz CT molecular complexity index is 829. The van der Waals surface area contributed by atoms with Crippen LogP contribution in [0.15, 0.2) is 36.7 Å². The molecule has 6 nitrogen and oxygen atoms in total. The zero-order valence-electron chi connectivity index (χ0n) is 15.0. The molecule has 26 heavy (non-hydrogen) atoms. The normalized spacial score (nSPS) is 25.6. The van der Waals surface area contributed by atoms with Crippen molar-refractivity contribution in [3.63, 3.8) is 0 Å². The van der Waals surface area contributed by atoms with E-state index in [1.165, 1.54) is 12.8 Å². The number of likely N-dealkylation sites (tertiary alicyclic amines) is 1. The van der Waals surface area contributed by atoms with Crippen molar-refractivity contribution in [2.24, 2.45) is 13.0 Å². The number of nitrogens with zero attached hydrogens (tertiary/aromatic N) is 4. The van der Waals surface area contributed by atoms with Crippen LogP contribution in [0.3, 0.4) is 0 Å². The summed E-state index contributed by atoms with van der Waals surface area (Å²) in [5.74, 6) is 2.66. The van der Waals surface area contributed by atoms with Gasteiger partial charge in [0.15, 0.2) is 0 Å². The summed E-state index contributed by atoms with van der Waals surface area (Å²) in [6.07, 6.45) is 6.99. The first-order valence-electron chi connectivity index (χ1n) is 9.46. The van der Waals surface area contributed by atoms with Crippen molar-refractivity contribution >= 4 is 11.6 Å². The summed E-state index contributed by atoms with van der Waals surface area (Å²) in [5, 5.41) is 0. The van der Waals surface area contributed by atoms with E-state index in [2.05, 4.69) is 9.88 Å². The zero-order valence-corrected chi connectivity index (χ0v) is 15.0. The van der Waals surface area contributed by atoms with Gasteiger partial charge in [-0.2, -0.15) is 0 Å². The van der Waals surface area contributed by atoms with Gasteiger partial charge in [-0.1, -0.05) is 12.1 Å². The molecule has 1 aromatic carbocycles. The van der Waals surface area contributed by atoms with E-state index >= 15 is 0 Å². The van der Waals surface area contributed by atoms with Gasteiger partial charge in [-0.3, -0.25) is 9.69 Å². The number of carbonyl (C=O) groups is 1. The number of carbonyl (C=O) groups excluding carboxylic acids is 1. The van der Waals surface area contributed by atoms with Crippen molar-refractivity contribution in [3.05, 3.63) is 42.5 Å². The molecule has 1 aliphatic carbocycles. The lowest BCUT2D eigenvalue weighted by Crippen LogP contribution is -2.46. The fraction of sp³-hybridized carbons (Fsp3) is 0.500. The van der Waals surface area contributed by atoms with Crippen LogP contribution in [0, 0.1) is 5.92 Å². The topological polar surface area (TPSA) is 50.6 Å². The van der Waals surface area contributed by atoms with Gasteiger partial charge in [-0.25, -0.2) is 4.98 Å². The van der Waals surface area contributed by atoms with E-state index in [9.17, 15) is 4.79 Å². The highest BCUT2D eigenvalue weighted by Crippen LogP contribution is 2.39. The maximum Gasteiger partial charge on any atom is 0.244 e. The number of hydrogen-bond acceptors (Lipinski definition) is 4. The SMILES string of the molecule is Cn1ccnc1CN1CC2CC1C(=O)N(CC1CC1)c1ccccc1O2. The molecule has 2 aliphatic heterocycles. The van der Waals surface area contributed by atoms with Crippen LogP contribution in [0.1, 0.15) is 25.1 Å². The number of benzene rings is 1. The Morgan fingerprint density at radius 2 is 2.12 bits per heavy atom. The fourth-order valence-electron chi connectivity index (χ4n) is 4.11. The summed E-state index contributed by atoms with van der Waals surface area (Å²) in [7, 11) is 2.00. The van der Waals surface area contributed by atoms with Gasteiger partial charge in [0.2, 0.25) is 5.91 Å². The molecule has 5 rings (SSSR count). The lowest BCUT2D eigenvalue weighted by atomic mass is 10.1. The third-order valence-electron chi connectivity index (χ3n) is 5.77. The average Bonchev–Trinajstić information content (AvgIpc) is 3.24. The number of amides is 1. The van der Waals surface area contributed by atoms with Crippen LogP contribution in [0.2, 0.25) is 0 Å². The van der Waals surface area contributed by atoms with Gasteiger partial charge in [0.05, 0.1) is 18.3 Å². The molecule has 2 bridgehead atoms. The Hall–Kier alpha value is -2.34. The maximum absolute atomic E-state index is 13.5. The highest BCUT2D eigenvalue weighted by molar-refractivity contribution is 5.99. The summed E-state index contributed by atoms with van der Waals surface area (Å²) in [6, 6.07) is 7.85. The van der Waals surface area contributed by atoms with Gasteiger partial charge >= 0.3 is 0 Å². The number of hydrogen-bond donors (Lipinski definition) is 0. The Balaban J connectivity index is 1.48. The molecule has 3 aliphatic rings. The van der Waals surface area contributed by atoms with Crippen molar-refractivity contribution < 1.29 is 9.53 Å². The van der Waals surface area contributed by atoms with Crippen molar-refractivity contribution in [2.75, 3.05) is 18.0 Å². The van der Waals surface area contributed by atoms with E-state index < -0.39 is 0 Å². The minimum absolute atomic E-state index is 0.0495. The zero-order chi connectivity index (χ0) is 17.7. The van der Waals surface area contributed by atoms with Crippen molar-refractivity contribution in [3.8, 4) is 5.75 Å². The molecular formula is C20H24N4O2. The highest BCUT2D eigenvalue weighted by Gasteiger charge is 2.44. The first-order valence-corrected chi connectivity index (χ1v) is 9.46. The monoisotopic (exact) mass is 352 g/mol. The standard InChI is InChI=1S/C20H24N4O2/c1-22-9-8-21-19(22)13-23-12-15-10-17(23)20(25)24(11-14-6-7-14)16-4-2-3-5-18(16)26-15/h2-5,8-9,14-15,17H,6-7,10-13H2,1H3. The summed E-state index contributed by atoms with van der Waals surface area (Å²) in [6.45, 7) is 2.23. The number of aryl methyl sites for hydroxylation is 1. The second-order valence-corrected chi connectivity index (χ2v) is 7.74. The van der Waals surface area contributed by atoms with Crippen molar-refractivity contribution in [1.82, 2.24) is 14.5 Å². The molecule has 6 heteroatoms. The van der Waals surface area contributed by atoms with Gasteiger partial charge in [0, 0.05) is 39.0 Å². The fourth-order valence-corrected chi connectivity index (χ4v) is 4.11. The van der Waals surface area contributed by atoms with E-state index in [1.807, 2.05) is 53.2 Å². The Morgan fingerprint density at radius 3 is 2.88 bits per heavy atom. The highest BCUT2D eigenvalue weighted by atomic mass is 16.5. The van der Waals surface area contributed by atoms with Crippen LogP contribution >= 0.6 is 0 Å². The lowest BCUT2D eigenvalue weighted by molar-refractivity contribution is -0.123. The summed E-state index contributed by atoms with van der Waals surface area (Å²) >= 11 is 0. The molecule has 0 spiro atoms. The second kappa shape index (κ2) is 6.13. The van der Waals surface area contributed by atoms with Crippen LogP contribution in [0.5, 0.6) is 5.75 Å². The third-order valence-corrected chi connectivity index (χ3v) is 5.77. The third kappa shape index (κ3) is 2.78. The first-order chi connectivity index (χ1) is 12.7. The van der Waals surface area contributed by atoms with E-state index in [-0.39, 0.29) is 18.1 Å². The molecule has 1 aromatic heterocycles. The number of aromatic nitrogens is 2. The molecule has 2 aromatic rings. The summed E-state index contributed by atoms with van der Waals surface area (Å²) in [5.41, 5.74) is 0.929. The smallest absolute Gasteiger partial charge is 0.244 e. The second-order valence-electron chi connectivity index (χ2n) is 7.74. The Kier molecular flexibility index (Phi) is 3.74. The molecule has 0 N–H and O–H groups in total. The molecule has 2 fully saturated rings. The molecule has 1 saturated carbocycles. The van der Waals surface area contributed by atoms with E-state index in [4.69, 9.17) is 4.74 Å². The number of anilines is 1. The molecule has 0 radical (unpaired) electrons. The lowest BCUT2D eigenvalue weighted by Gasteiger charge is -2.31. The maximum atomic E-state index is 13.5. The Morgan fingerprint density at radius 1 is 1.27 bits per heavy atom. The molecule has 1 amide bonds. The van der Waals surface area contributed by atoms with Gasteiger partial charge in [0.1, 0.15) is 17.7 Å². The van der Waals surface area contributed by atoms with E-state index in [1.54, 1.807) is 0 Å². The number of ether oxygens (including phenoxy) is 1. The van der Waals surface area contributed by atoms with E-state index in [0.29, 0.717) is 12.5 Å². The first kappa shape index (κ1) is 15.9. The van der Waals surface area contributed by atoms with Crippen LogP contribution in [-0.2, 0) is 18.4 Å².